The zero-order valence-electron chi connectivity index (χ0n) is 12.6. The Morgan fingerprint density at radius 2 is 1.86 bits per heavy atom. The van der Waals surface area contributed by atoms with Crippen molar-refractivity contribution in [1.29, 1.82) is 0 Å². The number of hydrogen-bond acceptors (Lipinski definition) is 2. The molecule has 0 amide bonds. The van der Waals surface area contributed by atoms with Gasteiger partial charge in [-0.1, -0.05) is 38.1 Å². The molecule has 0 aliphatic heterocycles. The van der Waals surface area contributed by atoms with Crippen LogP contribution in [0.4, 0.5) is 4.39 Å². The second kappa shape index (κ2) is 7.23. The summed E-state index contributed by atoms with van der Waals surface area (Å²) >= 11 is 0. The van der Waals surface area contributed by atoms with Gasteiger partial charge in [-0.3, -0.25) is 0 Å². The Hall–Kier alpha value is -1.87. The van der Waals surface area contributed by atoms with E-state index in [1.807, 2.05) is 31.2 Å². The molecule has 0 heterocycles. The van der Waals surface area contributed by atoms with Gasteiger partial charge in [-0.15, -0.1) is 0 Å². The lowest BCUT2D eigenvalue weighted by Gasteiger charge is -2.25. The van der Waals surface area contributed by atoms with Gasteiger partial charge in [0.1, 0.15) is 17.7 Å². The van der Waals surface area contributed by atoms with Gasteiger partial charge >= 0.3 is 0 Å². The Kier molecular flexibility index (Phi) is 5.34. The summed E-state index contributed by atoms with van der Waals surface area (Å²) in [4.78, 5) is 0. The van der Waals surface area contributed by atoms with Crippen molar-refractivity contribution in [2.75, 3.05) is 0 Å². The van der Waals surface area contributed by atoms with Gasteiger partial charge in [0.25, 0.3) is 0 Å². The molecular weight excluding hydrogens is 265 g/mol. The number of nitrogens with two attached hydrogens (primary N) is 1. The zero-order valence-corrected chi connectivity index (χ0v) is 12.6. The van der Waals surface area contributed by atoms with Crippen LogP contribution in [-0.4, -0.2) is 6.04 Å². The van der Waals surface area contributed by atoms with Gasteiger partial charge in [-0.25, -0.2) is 4.39 Å². The fourth-order valence-electron chi connectivity index (χ4n) is 2.29. The average Bonchev–Trinajstić information content (AvgIpc) is 2.52. The molecule has 0 aliphatic carbocycles. The van der Waals surface area contributed by atoms with Crippen LogP contribution in [0.1, 0.15) is 37.5 Å². The highest BCUT2D eigenvalue weighted by Crippen LogP contribution is 2.26. The largest absolute Gasteiger partial charge is 0.484 e. The van der Waals surface area contributed by atoms with Crippen LogP contribution in [0, 0.1) is 5.82 Å². The van der Waals surface area contributed by atoms with Gasteiger partial charge in [-0.2, -0.15) is 0 Å². The Morgan fingerprint density at radius 1 is 1.10 bits per heavy atom. The summed E-state index contributed by atoms with van der Waals surface area (Å²) in [7, 11) is 0. The molecule has 0 spiro atoms. The molecule has 2 unspecified atom stereocenters. The first-order valence-corrected chi connectivity index (χ1v) is 7.40. The van der Waals surface area contributed by atoms with E-state index in [9.17, 15) is 4.39 Å². The molecule has 0 fully saturated rings. The van der Waals surface area contributed by atoms with Crippen molar-refractivity contribution in [2.45, 2.75) is 38.8 Å². The minimum Gasteiger partial charge on any atom is -0.484 e. The average molecular weight is 287 g/mol. The van der Waals surface area contributed by atoms with Crippen molar-refractivity contribution in [3.63, 3.8) is 0 Å². The first-order valence-electron chi connectivity index (χ1n) is 7.40. The summed E-state index contributed by atoms with van der Waals surface area (Å²) in [5.74, 6) is 0.499. The second-order valence-electron chi connectivity index (χ2n) is 5.17. The third kappa shape index (κ3) is 4.05. The molecule has 2 aromatic rings. The topological polar surface area (TPSA) is 35.2 Å². The first kappa shape index (κ1) is 15.5. The molecule has 2 rings (SSSR count). The molecule has 0 aromatic heterocycles. The van der Waals surface area contributed by atoms with E-state index in [1.165, 1.54) is 17.7 Å². The van der Waals surface area contributed by atoms with E-state index in [0.29, 0.717) is 0 Å². The normalized spacial score (nSPS) is 13.7. The van der Waals surface area contributed by atoms with E-state index in [4.69, 9.17) is 10.5 Å². The molecule has 0 aliphatic rings. The second-order valence-corrected chi connectivity index (χ2v) is 5.17. The van der Waals surface area contributed by atoms with Crippen molar-refractivity contribution in [3.05, 3.63) is 65.5 Å². The maximum atomic E-state index is 13.5. The van der Waals surface area contributed by atoms with Crippen LogP contribution >= 0.6 is 0 Å². The molecular formula is C18H22FNO. The Bertz CT molecular complexity index is 585. The predicted molar refractivity (Wildman–Crippen MR) is 83.9 cm³/mol. The highest BCUT2D eigenvalue weighted by molar-refractivity contribution is 5.30. The number of halogens is 1. The van der Waals surface area contributed by atoms with Gasteiger partial charge in [0, 0.05) is 6.04 Å². The Morgan fingerprint density at radius 3 is 2.52 bits per heavy atom. The summed E-state index contributed by atoms with van der Waals surface area (Å²) in [6.07, 6.45) is 1.36. The SMILES string of the molecule is CCc1cccc(OC(c2cccc(F)c2)C(N)CC)c1. The van der Waals surface area contributed by atoms with E-state index in [1.54, 1.807) is 6.07 Å². The molecule has 3 heteroatoms. The standard InChI is InChI=1S/C18H22FNO/c1-3-13-7-5-10-16(11-13)21-18(17(20)4-2)14-8-6-9-15(19)12-14/h5-12,17-18H,3-4,20H2,1-2H3. The molecule has 2 aromatic carbocycles. The molecule has 2 N–H and O–H groups in total. The van der Waals surface area contributed by atoms with Crippen LogP contribution in [-0.2, 0) is 6.42 Å². The molecule has 0 saturated heterocycles. The highest BCUT2D eigenvalue weighted by atomic mass is 19.1. The fourth-order valence-corrected chi connectivity index (χ4v) is 2.29. The summed E-state index contributed by atoms with van der Waals surface area (Å²) in [6.45, 7) is 4.10. The van der Waals surface area contributed by atoms with Crippen LogP contribution < -0.4 is 10.5 Å². The Balaban J connectivity index is 2.28. The van der Waals surface area contributed by atoms with Crippen LogP contribution in [0.2, 0.25) is 0 Å². The van der Waals surface area contributed by atoms with E-state index < -0.39 is 0 Å². The van der Waals surface area contributed by atoms with Gasteiger partial charge in [0.05, 0.1) is 0 Å². The summed E-state index contributed by atoms with van der Waals surface area (Å²) in [5.41, 5.74) is 8.14. The summed E-state index contributed by atoms with van der Waals surface area (Å²) in [6, 6.07) is 14.2. The van der Waals surface area contributed by atoms with Crippen LogP contribution in [0.25, 0.3) is 0 Å². The van der Waals surface area contributed by atoms with Crippen molar-refractivity contribution < 1.29 is 9.13 Å². The molecule has 0 bridgehead atoms. The quantitative estimate of drug-likeness (QED) is 0.862. The van der Waals surface area contributed by atoms with Gasteiger partial charge in [0.2, 0.25) is 0 Å². The summed E-state index contributed by atoms with van der Waals surface area (Å²) in [5, 5.41) is 0. The van der Waals surface area contributed by atoms with Gasteiger partial charge in [0.15, 0.2) is 0 Å². The lowest BCUT2D eigenvalue weighted by molar-refractivity contribution is 0.170. The minimum absolute atomic E-state index is 0.183. The fraction of sp³-hybridized carbons (Fsp3) is 0.333. The number of aryl methyl sites for hydroxylation is 1. The molecule has 0 saturated carbocycles. The number of rotatable bonds is 6. The van der Waals surface area contributed by atoms with Crippen molar-refractivity contribution in [2.24, 2.45) is 5.73 Å². The smallest absolute Gasteiger partial charge is 0.139 e. The number of hydrogen-bond donors (Lipinski definition) is 1. The minimum atomic E-state index is -0.349. The van der Waals surface area contributed by atoms with Gasteiger partial charge < -0.3 is 10.5 Å². The van der Waals surface area contributed by atoms with Crippen molar-refractivity contribution in [3.8, 4) is 5.75 Å². The maximum absolute atomic E-state index is 13.5. The van der Waals surface area contributed by atoms with Crippen LogP contribution in [0.15, 0.2) is 48.5 Å². The predicted octanol–water partition coefficient (Wildman–Crippen LogP) is 4.25. The highest BCUT2D eigenvalue weighted by Gasteiger charge is 2.21. The third-order valence-electron chi connectivity index (χ3n) is 3.61. The number of ether oxygens (including phenoxy) is 1. The molecule has 21 heavy (non-hydrogen) atoms. The first-order chi connectivity index (χ1) is 10.1. The number of benzene rings is 2. The summed E-state index contributed by atoms with van der Waals surface area (Å²) < 4.78 is 19.5. The Labute approximate surface area is 125 Å². The van der Waals surface area contributed by atoms with Crippen molar-refractivity contribution >= 4 is 0 Å². The zero-order chi connectivity index (χ0) is 15.2. The monoisotopic (exact) mass is 287 g/mol. The maximum Gasteiger partial charge on any atom is 0.139 e. The van der Waals surface area contributed by atoms with E-state index >= 15 is 0 Å². The van der Waals surface area contributed by atoms with E-state index in [0.717, 1.165) is 24.2 Å². The third-order valence-corrected chi connectivity index (χ3v) is 3.61. The molecule has 2 atom stereocenters. The lowest BCUT2D eigenvalue weighted by atomic mass is 10.0. The molecule has 112 valence electrons. The molecule has 0 radical (unpaired) electrons. The lowest BCUT2D eigenvalue weighted by Crippen LogP contribution is -2.31. The van der Waals surface area contributed by atoms with Gasteiger partial charge in [-0.05, 0) is 48.2 Å². The van der Waals surface area contributed by atoms with E-state index in [2.05, 4.69) is 13.0 Å². The molecule has 2 nitrogen and oxygen atoms in total. The van der Waals surface area contributed by atoms with E-state index in [-0.39, 0.29) is 18.0 Å². The van der Waals surface area contributed by atoms with Crippen LogP contribution in [0.5, 0.6) is 5.75 Å². The van der Waals surface area contributed by atoms with Crippen molar-refractivity contribution in [1.82, 2.24) is 0 Å². The van der Waals surface area contributed by atoms with Crippen LogP contribution in [0.3, 0.4) is 0 Å².